The molecule has 0 spiro atoms. The third-order valence-corrected chi connectivity index (χ3v) is 5.34. The number of carbonyl (C=O) groups is 3. The topological polar surface area (TPSA) is 105 Å². The number of primary amides is 1. The first-order chi connectivity index (χ1) is 12.9. The van der Waals surface area contributed by atoms with E-state index in [0.29, 0.717) is 50.4 Å². The van der Waals surface area contributed by atoms with Crippen molar-refractivity contribution in [3.63, 3.8) is 0 Å². The zero-order valence-corrected chi connectivity index (χ0v) is 15.9. The van der Waals surface area contributed by atoms with Crippen molar-refractivity contribution in [3.05, 3.63) is 23.8 Å². The standard InChI is InChI=1S/C18H22N4O4S/c1-26-9-8-22-17(25)13-3-2-12(10-14(13)20-18(22)27)16(24)21-6-4-11(5-7-21)15(19)23/h2-3,10-11,13H,4-9H2,1H3,(H2,19,23). The van der Waals surface area contributed by atoms with Gasteiger partial charge >= 0.3 is 0 Å². The van der Waals surface area contributed by atoms with Gasteiger partial charge in [-0.15, -0.1) is 0 Å². The molecule has 0 bridgehead atoms. The molecule has 144 valence electrons. The molecule has 1 unspecified atom stereocenters. The first kappa shape index (κ1) is 19.4. The number of ether oxygens (including phenoxy) is 1. The van der Waals surface area contributed by atoms with Gasteiger partial charge in [0, 0.05) is 31.7 Å². The number of likely N-dealkylation sites (tertiary alicyclic amines) is 1. The van der Waals surface area contributed by atoms with Crippen LogP contribution in [0, 0.1) is 11.8 Å². The lowest BCUT2D eigenvalue weighted by Gasteiger charge is -2.33. The van der Waals surface area contributed by atoms with E-state index in [2.05, 4.69) is 4.99 Å². The molecule has 1 atom stereocenters. The largest absolute Gasteiger partial charge is 0.383 e. The fourth-order valence-electron chi connectivity index (χ4n) is 3.41. The molecular weight excluding hydrogens is 368 g/mol. The highest BCUT2D eigenvalue weighted by atomic mass is 32.1. The number of methoxy groups -OCH3 is 1. The quantitative estimate of drug-likeness (QED) is 0.667. The molecule has 0 aromatic rings. The van der Waals surface area contributed by atoms with Crippen LogP contribution in [0.2, 0.25) is 0 Å². The summed E-state index contributed by atoms with van der Waals surface area (Å²) in [5.41, 5.74) is 6.28. The van der Waals surface area contributed by atoms with E-state index in [-0.39, 0.29) is 28.8 Å². The lowest BCUT2D eigenvalue weighted by Crippen LogP contribution is -2.48. The predicted octanol–water partition coefficient (Wildman–Crippen LogP) is 0.0372. The third kappa shape index (κ3) is 3.98. The van der Waals surface area contributed by atoms with Crippen LogP contribution in [-0.2, 0) is 19.1 Å². The summed E-state index contributed by atoms with van der Waals surface area (Å²) in [4.78, 5) is 44.1. The Morgan fingerprint density at radius 2 is 2.07 bits per heavy atom. The molecule has 27 heavy (non-hydrogen) atoms. The zero-order chi connectivity index (χ0) is 19.6. The van der Waals surface area contributed by atoms with Crippen LogP contribution >= 0.6 is 12.2 Å². The van der Waals surface area contributed by atoms with E-state index in [1.165, 1.54) is 4.90 Å². The summed E-state index contributed by atoms with van der Waals surface area (Å²) in [6.45, 7) is 1.68. The summed E-state index contributed by atoms with van der Waals surface area (Å²) in [7, 11) is 1.56. The van der Waals surface area contributed by atoms with E-state index in [0.717, 1.165) is 0 Å². The van der Waals surface area contributed by atoms with Crippen molar-refractivity contribution >= 4 is 40.8 Å². The van der Waals surface area contributed by atoms with E-state index in [1.54, 1.807) is 30.2 Å². The molecule has 3 rings (SSSR count). The van der Waals surface area contributed by atoms with E-state index >= 15 is 0 Å². The van der Waals surface area contributed by atoms with Crippen LogP contribution in [0.25, 0.3) is 0 Å². The first-order valence-electron chi connectivity index (χ1n) is 8.83. The van der Waals surface area contributed by atoms with Gasteiger partial charge in [0.05, 0.1) is 24.8 Å². The van der Waals surface area contributed by atoms with Crippen LogP contribution in [0.5, 0.6) is 0 Å². The van der Waals surface area contributed by atoms with E-state index in [9.17, 15) is 14.4 Å². The molecule has 1 aliphatic carbocycles. The molecular formula is C18H22N4O4S. The number of amides is 3. The minimum Gasteiger partial charge on any atom is -0.383 e. The fraction of sp³-hybridized carbons (Fsp3) is 0.500. The maximum atomic E-state index is 12.8. The van der Waals surface area contributed by atoms with Gasteiger partial charge in [-0.2, -0.15) is 0 Å². The average molecular weight is 390 g/mol. The number of nitrogens with two attached hydrogens (primary N) is 1. The zero-order valence-electron chi connectivity index (χ0n) is 15.1. The van der Waals surface area contributed by atoms with Crippen LogP contribution < -0.4 is 5.73 Å². The number of rotatable bonds is 5. The van der Waals surface area contributed by atoms with Crippen LogP contribution in [0.4, 0.5) is 0 Å². The van der Waals surface area contributed by atoms with Gasteiger partial charge in [0.2, 0.25) is 16.9 Å². The van der Waals surface area contributed by atoms with E-state index in [1.807, 2.05) is 0 Å². The number of hydrogen-bond donors (Lipinski definition) is 1. The molecule has 0 saturated carbocycles. The van der Waals surface area contributed by atoms with Gasteiger partial charge in [0.15, 0.2) is 0 Å². The summed E-state index contributed by atoms with van der Waals surface area (Å²) in [6, 6.07) is 0. The number of aliphatic imine (C=N–C) groups is 1. The van der Waals surface area contributed by atoms with E-state index < -0.39 is 5.92 Å². The maximum absolute atomic E-state index is 12.8. The number of fused-ring (bicyclic) bond motifs is 1. The molecule has 9 heteroatoms. The minimum atomic E-state index is -0.536. The van der Waals surface area contributed by atoms with E-state index in [4.69, 9.17) is 22.7 Å². The van der Waals surface area contributed by atoms with Crippen LogP contribution in [0.15, 0.2) is 28.8 Å². The minimum absolute atomic E-state index is 0.143. The molecule has 2 aliphatic heterocycles. The number of hydrogen-bond acceptors (Lipinski definition) is 5. The average Bonchev–Trinajstić information content (AvgIpc) is 2.67. The van der Waals surface area contributed by atoms with Crippen LogP contribution in [0.1, 0.15) is 12.8 Å². The second-order valence-corrected chi connectivity index (χ2v) is 7.07. The molecule has 2 heterocycles. The van der Waals surface area contributed by atoms with Gasteiger partial charge in [0.1, 0.15) is 0 Å². The van der Waals surface area contributed by atoms with Crippen molar-refractivity contribution in [1.29, 1.82) is 0 Å². The van der Waals surface area contributed by atoms with Gasteiger partial charge in [-0.05, 0) is 31.1 Å². The van der Waals surface area contributed by atoms with Crippen LogP contribution in [0.3, 0.4) is 0 Å². The first-order valence-corrected chi connectivity index (χ1v) is 9.24. The highest BCUT2D eigenvalue weighted by molar-refractivity contribution is 7.80. The predicted molar refractivity (Wildman–Crippen MR) is 103 cm³/mol. The second-order valence-electron chi connectivity index (χ2n) is 6.71. The highest BCUT2D eigenvalue weighted by Crippen LogP contribution is 2.25. The number of allylic oxidation sites excluding steroid dienone is 1. The van der Waals surface area contributed by atoms with Crippen molar-refractivity contribution in [1.82, 2.24) is 9.80 Å². The monoisotopic (exact) mass is 390 g/mol. The van der Waals surface area contributed by atoms with Crippen molar-refractivity contribution < 1.29 is 19.1 Å². The molecule has 3 aliphatic rings. The smallest absolute Gasteiger partial charge is 0.253 e. The lowest BCUT2D eigenvalue weighted by molar-refractivity contribution is -0.131. The Morgan fingerprint density at radius 1 is 1.37 bits per heavy atom. The summed E-state index contributed by atoms with van der Waals surface area (Å²) in [5, 5.41) is 0.184. The number of nitrogens with zero attached hydrogens (tertiary/aromatic N) is 3. The molecule has 8 nitrogen and oxygen atoms in total. The number of piperidine rings is 1. The Hall–Kier alpha value is -2.39. The second kappa shape index (κ2) is 8.10. The summed E-state index contributed by atoms with van der Waals surface area (Å²) >= 11 is 5.22. The van der Waals surface area contributed by atoms with Crippen molar-refractivity contribution in [2.75, 3.05) is 33.4 Å². The Labute approximate surface area is 162 Å². The summed E-state index contributed by atoms with van der Waals surface area (Å²) < 4.78 is 5.00. The Balaban J connectivity index is 1.72. The van der Waals surface area contributed by atoms with Crippen LogP contribution in [-0.4, -0.2) is 71.7 Å². The number of thiocarbonyl (C=S) groups is 1. The normalized spacial score (nSPS) is 23.1. The van der Waals surface area contributed by atoms with Gasteiger partial charge in [-0.1, -0.05) is 12.2 Å². The van der Waals surface area contributed by atoms with Crippen molar-refractivity contribution in [2.24, 2.45) is 22.6 Å². The summed E-state index contributed by atoms with van der Waals surface area (Å²) in [5.74, 6) is -1.34. The van der Waals surface area contributed by atoms with Gasteiger partial charge in [0.25, 0.3) is 5.91 Å². The Bertz CT molecular complexity index is 765. The fourth-order valence-corrected chi connectivity index (χ4v) is 3.70. The van der Waals surface area contributed by atoms with Gasteiger partial charge < -0.3 is 15.4 Å². The van der Waals surface area contributed by atoms with Gasteiger partial charge in [-0.25, -0.2) is 4.99 Å². The Morgan fingerprint density at radius 3 is 2.70 bits per heavy atom. The molecule has 0 radical (unpaired) electrons. The third-order valence-electron chi connectivity index (χ3n) is 5.03. The van der Waals surface area contributed by atoms with Crippen molar-refractivity contribution in [2.45, 2.75) is 12.8 Å². The molecule has 0 aromatic carbocycles. The number of carbonyl (C=O) groups excluding carboxylic acids is 3. The molecule has 0 aromatic heterocycles. The SMILES string of the molecule is COCCN1C(=O)C2C=CC(C(=O)N3CCC(C(N)=O)CC3)=CC2=NC1=S. The maximum Gasteiger partial charge on any atom is 0.253 e. The molecule has 1 fully saturated rings. The Kier molecular flexibility index (Phi) is 5.81. The van der Waals surface area contributed by atoms with Gasteiger partial charge in [-0.3, -0.25) is 19.3 Å². The van der Waals surface area contributed by atoms with Crippen molar-refractivity contribution in [3.8, 4) is 0 Å². The molecule has 2 N–H and O–H groups in total. The molecule has 1 saturated heterocycles. The summed E-state index contributed by atoms with van der Waals surface area (Å²) in [6.07, 6.45) is 6.11. The highest BCUT2D eigenvalue weighted by Gasteiger charge is 2.36. The lowest BCUT2D eigenvalue weighted by atomic mass is 9.90. The molecule has 3 amide bonds.